The molecule has 2 heterocycles. The van der Waals surface area contributed by atoms with E-state index in [-0.39, 0.29) is 5.91 Å². The summed E-state index contributed by atoms with van der Waals surface area (Å²) in [5.41, 5.74) is 3.22. The average Bonchev–Trinajstić information content (AvgIpc) is 3.16. The van der Waals surface area contributed by atoms with Crippen molar-refractivity contribution in [3.8, 4) is 11.3 Å². The van der Waals surface area contributed by atoms with Crippen LogP contribution < -0.4 is 0 Å². The first-order valence-electron chi connectivity index (χ1n) is 8.25. The molecule has 1 saturated heterocycles. The molecule has 3 rings (SSSR count). The van der Waals surface area contributed by atoms with E-state index in [0.29, 0.717) is 5.92 Å². The van der Waals surface area contributed by atoms with Crippen molar-refractivity contribution >= 4 is 17.5 Å². The number of carbonyl (C=O) groups is 1. The van der Waals surface area contributed by atoms with Gasteiger partial charge in [-0.2, -0.15) is 5.10 Å². The highest BCUT2D eigenvalue weighted by atomic mass is 35.5. The zero-order chi connectivity index (χ0) is 17.1. The van der Waals surface area contributed by atoms with Crippen molar-refractivity contribution in [1.29, 1.82) is 0 Å². The molecule has 1 aliphatic heterocycles. The fourth-order valence-corrected chi connectivity index (χ4v) is 3.58. The summed E-state index contributed by atoms with van der Waals surface area (Å²) in [5, 5.41) is 8.00. The molecule has 1 amide bonds. The van der Waals surface area contributed by atoms with Crippen LogP contribution in [0.4, 0.5) is 0 Å². The Morgan fingerprint density at radius 1 is 1.50 bits per heavy atom. The van der Waals surface area contributed by atoms with Crippen LogP contribution in [-0.2, 0) is 11.3 Å². The van der Waals surface area contributed by atoms with Gasteiger partial charge in [-0.15, -0.1) is 0 Å². The highest BCUT2D eigenvalue weighted by Gasteiger charge is 2.25. The van der Waals surface area contributed by atoms with E-state index < -0.39 is 0 Å². The number of aromatic amines is 1. The third kappa shape index (κ3) is 3.97. The summed E-state index contributed by atoms with van der Waals surface area (Å²) >= 11 is 6.10. The van der Waals surface area contributed by atoms with Crippen LogP contribution >= 0.6 is 11.6 Å². The molecule has 1 fully saturated rings. The number of hydrogen-bond donors (Lipinski definition) is 1. The van der Waals surface area contributed by atoms with Gasteiger partial charge in [0.05, 0.1) is 11.9 Å². The standard InChI is InChI=1S/C18H23ClN4O/c1-13(24)23-7-6-14(11-23)10-22(2)12-16-9-20-21-18(16)15-4-3-5-17(19)8-15/h3-5,8-9,14H,6-7,10-12H2,1-2H3,(H,20,21)/t14-/m1/s1. The van der Waals surface area contributed by atoms with Crippen LogP contribution in [0.3, 0.4) is 0 Å². The minimum absolute atomic E-state index is 0.179. The molecule has 0 radical (unpaired) electrons. The van der Waals surface area contributed by atoms with Crippen LogP contribution in [-0.4, -0.2) is 52.6 Å². The Labute approximate surface area is 147 Å². The molecule has 1 aromatic carbocycles. The van der Waals surface area contributed by atoms with E-state index in [1.807, 2.05) is 35.4 Å². The van der Waals surface area contributed by atoms with Gasteiger partial charge in [0.25, 0.3) is 0 Å². The SMILES string of the molecule is CC(=O)N1CC[C@H](CN(C)Cc2cn[nH]c2-c2cccc(Cl)c2)C1. The number of nitrogens with zero attached hydrogens (tertiary/aromatic N) is 3. The largest absolute Gasteiger partial charge is 0.343 e. The topological polar surface area (TPSA) is 52.2 Å². The maximum Gasteiger partial charge on any atom is 0.219 e. The maximum absolute atomic E-state index is 11.5. The molecule has 1 atom stereocenters. The van der Waals surface area contributed by atoms with Crippen LogP contribution in [0.15, 0.2) is 30.5 Å². The molecule has 5 nitrogen and oxygen atoms in total. The van der Waals surface area contributed by atoms with Crippen molar-refractivity contribution in [2.45, 2.75) is 19.9 Å². The van der Waals surface area contributed by atoms with Gasteiger partial charge in [0.15, 0.2) is 0 Å². The number of H-pyrrole nitrogens is 1. The Morgan fingerprint density at radius 2 is 2.33 bits per heavy atom. The first-order valence-corrected chi connectivity index (χ1v) is 8.63. The Morgan fingerprint density at radius 3 is 3.04 bits per heavy atom. The molecular formula is C18H23ClN4O. The lowest BCUT2D eigenvalue weighted by molar-refractivity contribution is -0.127. The van der Waals surface area contributed by atoms with E-state index in [1.54, 1.807) is 6.92 Å². The highest BCUT2D eigenvalue weighted by Crippen LogP contribution is 2.25. The summed E-state index contributed by atoms with van der Waals surface area (Å²) in [4.78, 5) is 15.7. The average molecular weight is 347 g/mol. The van der Waals surface area contributed by atoms with Gasteiger partial charge in [-0.1, -0.05) is 23.7 Å². The molecule has 2 aromatic rings. The van der Waals surface area contributed by atoms with Crippen molar-refractivity contribution in [3.05, 3.63) is 41.0 Å². The molecule has 0 aliphatic carbocycles. The van der Waals surface area contributed by atoms with E-state index in [4.69, 9.17) is 11.6 Å². The molecule has 1 aliphatic rings. The normalized spacial score (nSPS) is 17.7. The van der Waals surface area contributed by atoms with Crippen LogP contribution in [0.2, 0.25) is 5.02 Å². The lowest BCUT2D eigenvalue weighted by Crippen LogP contribution is -2.30. The van der Waals surface area contributed by atoms with Crippen molar-refractivity contribution < 1.29 is 4.79 Å². The van der Waals surface area contributed by atoms with Gasteiger partial charge in [0.1, 0.15) is 0 Å². The number of halogens is 1. The predicted octanol–water partition coefficient (Wildman–Crippen LogP) is 3.03. The van der Waals surface area contributed by atoms with Crippen molar-refractivity contribution in [2.75, 3.05) is 26.7 Å². The zero-order valence-electron chi connectivity index (χ0n) is 14.1. The molecule has 0 spiro atoms. The second-order valence-electron chi connectivity index (χ2n) is 6.60. The van der Waals surface area contributed by atoms with Crippen molar-refractivity contribution in [2.24, 2.45) is 5.92 Å². The first kappa shape index (κ1) is 17.0. The van der Waals surface area contributed by atoms with Gasteiger partial charge in [0.2, 0.25) is 5.91 Å². The summed E-state index contributed by atoms with van der Waals surface area (Å²) in [7, 11) is 2.12. The number of benzene rings is 1. The van der Waals surface area contributed by atoms with Crippen LogP contribution in [0.5, 0.6) is 0 Å². The Balaban J connectivity index is 1.63. The monoisotopic (exact) mass is 346 g/mol. The second-order valence-corrected chi connectivity index (χ2v) is 7.03. The van der Waals surface area contributed by atoms with E-state index >= 15 is 0 Å². The Hall–Kier alpha value is -1.85. The minimum atomic E-state index is 0.179. The van der Waals surface area contributed by atoms with E-state index in [9.17, 15) is 4.79 Å². The molecular weight excluding hydrogens is 324 g/mol. The van der Waals surface area contributed by atoms with Gasteiger partial charge in [-0.05, 0) is 31.5 Å². The highest BCUT2D eigenvalue weighted by molar-refractivity contribution is 6.30. The molecule has 0 saturated carbocycles. The number of likely N-dealkylation sites (tertiary alicyclic amines) is 1. The molecule has 1 N–H and O–H groups in total. The molecule has 128 valence electrons. The molecule has 0 unspecified atom stereocenters. The number of nitrogens with one attached hydrogen (secondary N) is 1. The smallest absolute Gasteiger partial charge is 0.219 e. The first-order chi connectivity index (χ1) is 11.5. The van der Waals surface area contributed by atoms with Gasteiger partial charge in [-0.3, -0.25) is 9.89 Å². The Bertz CT molecular complexity index is 715. The molecule has 0 bridgehead atoms. The summed E-state index contributed by atoms with van der Waals surface area (Å²) in [5.74, 6) is 0.721. The third-order valence-electron chi connectivity index (χ3n) is 4.57. The lowest BCUT2D eigenvalue weighted by atomic mass is 10.1. The van der Waals surface area contributed by atoms with E-state index in [2.05, 4.69) is 22.1 Å². The summed E-state index contributed by atoms with van der Waals surface area (Å²) in [6.45, 7) is 5.19. The molecule has 24 heavy (non-hydrogen) atoms. The fraction of sp³-hybridized carbons (Fsp3) is 0.444. The van der Waals surface area contributed by atoms with E-state index in [1.165, 1.54) is 0 Å². The second kappa shape index (κ2) is 7.36. The quantitative estimate of drug-likeness (QED) is 0.905. The summed E-state index contributed by atoms with van der Waals surface area (Å²) < 4.78 is 0. The number of aromatic nitrogens is 2. The number of rotatable bonds is 5. The number of amides is 1. The molecule has 1 aromatic heterocycles. The minimum Gasteiger partial charge on any atom is -0.343 e. The van der Waals surface area contributed by atoms with E-state index in [0.717, 1.165) is 54.4 Å². The third-order valence-corrected chi connectivity index (χ3v) is 4.81. The van der Waals surface area contributed by atoms with Crippen LogP contribution in [0.1, 0.15) is 18.9 Å². The van der Waals surface area contributed by atoms with Crippen LogP contribution in [0, 0.1) is 5.92 Å². The Kier molecular flexibility index (Phi) is 5.21. The molecule has 6 heteroatoms. The van der Waals surface area contributed by atoms with Gasteiger partial charge >= 0.3 is 0 Å². The van der Waals surface area contributed by atoms with Gasteiger partial charge < -0.3 is 9.80 Å². The number of carbonyl (C=O) groups excluding carboxylic acids is 1. The van der Waals surface area contributed by atoms with Gasteiger partial charge in [-0.25, -0.2) is 0 Å². The zero-order valence-corrected chi connectivity index (χ0v) is 14.9. The predicted molar refractivity (Wildman–Crippen MR) is 95.7 cm³/mol. The summed E-state index contributed by atoms with van der Waals surface area (Å²) in [6.07, 6.45) is 2.96. The summed E-state index contributed by atoms with van der Waals surface area (Å²) in [6, 6.07) is 7.79. The van der Waals surface area contributed by atoms with Crippen molar-refractivity contribution in [1.82, 2.24) is 20.0 Å². The lowest BCUT2D eigenvalue weighted by Gasteiger charge is -2.21. The maximum atomic E-state index is 11.5. The fourth-order valence-electron chi connectivity index (χ4n) is 3.39. The van der Waals surface area contributed by atoms with Gasteiger partial charge in [0, 0.05) is 49.3 Å². The van der Waals surface area contributed by atoms with Crippen molar-refractivity contribution in [3.63, 3.8) is 0 Å². The van der Waals surface area contributed by atoms with Crippen LogP contribution in [0.25, 0.3) is 11.3 Å². The number of hydrogen-bond acceptors (Lipinski definition) is 3.